The van der Waals surface area contributed by atoms with E-state index in [1.54, 1.807) is 127 Å². The molecule has 8 aromatic carbocycles. The summed E-state index contributed by atoms with van der Waals surface area (Å²) in [6.07, 6.45) is -26.5. The first-order chi connectivity index (χ1) is 61.5. The first-order valence-corrected chi connectivity index (χ1v) is 45.3. The highest BCUT2D eigenvalue weighted by molar-refractivity contribution is 7.16. The van der Waals surface area contributed by atoms with Crippen molar-refractivity contribution in [3.8, 4) is 41.8 Å². The Balaban J connectivity index is 0.000000147. The topological polar surface area (TPSA) is 361 Å². The van der Waals surface area contributed by atoms with E-state index in [4.69, 9.17) is 30.5 Å². The van der Waals surface area contributed by atoms with Gasteiger partial charge in [-0.05, 0) is 213 Å². The molecule has 20 nitrogen and oxygen atoms in total. The van der Waals surface area contributed by atoms with Crippen molar-refractivity contribution in [1.29, 1.82) is 0 Å². The summed E-state index contributed by atoms with van der Waals surface area (Å²) in [4.78, 5) is 7.33. The van der Waals surface area contributed by atoms with Gasteiger partial charge in [0.25, 0.3) is 0 Å². The second-order valence-corrected chi connectivity index (χ2v) is 37.8. The highest BCUT2D eigenvalue weighted by Gasteiger charge is 2.49. The number of alkyl halides is 1. The van der Waals surface area contributed by atoms with Crippen LogP contribution in [0.3, 0.4) is 0 Å². The van der Waals surface area contributed by atoms with Crippen molar-refractivity contribution in [2.24, 2.45) is 0 Å². The largest absolute Gasteiger partial charge is 0.394 e. The molecule has 0 amide bonds. The molecule has 0 saturated carbocycles. The molecule has 8 heterocycles. The van der Waals surface area contributed by atoms with Crippen LogP contribution in [0, 0.1) is 42.9 Å². The molecule has 0 aliphatic carbocycles. The van der Waals surface area contributed by atoms with Crippen LogP contribution in [0.25, 0.3) is 41.8 Å². The zero-order valence-electron chi connectivity index (χ0n) is 70.5. The maximum atomic E-state index is 15.6. The van der Waals surface area contributed by atoms with Gasteiger partial charge in [-0.15, -0.1) is 45.3 Å². The molecule has 12 aromatic rings. The highest BCUT2D eigenvalue weighted by atomic mass is 35.5. The number of rotatable bonds is 20. The lowest BCUT2D eigenvalue weighted by atomic mass is 9.79. The lowest BCUT2D eigenvalue weighted by molar-refractivity contribution is -0.231. The van der Waals surface area contributed by atoms with Gasteiger partial charge in [-0.1, -0.05) is 136 Å². The van der Waals surface area contributed by atoms with Gasteiger partial charge in [0.1, 0.15) is 151 Å². The van der Waals surface area contributed by atoms with Crippen LogP contribution in [-0.4, -0.2) is 206 Å². The number of thiophene rings is 4. The summed E-state index contributed by atoms with van der Waals surface area (Å²) in [6, 6.07) is 60.5. The van der Waals surface area contributed by atoms with Crippen LogP contribution in [0.2, 0.25) is 5.02 Å². The van der Waals surface area contributed by atoms with Crippen LogP contribution in [-0.2, 0) is 24.4 Å². The normalized spacial score (nSPS) is 26.6. The quantitative estimate of drug-likeness (QED) is 0.0315. The van der Waals surface area contributed by atoms with Gasteiger partial charge in [-0.2, -0.15) is 0 Å². The fourth-order valence-electron chi connectivity index (χ4n) is 16.3. The van der Waals surface area contributed by atoms with Gasteiger partial charge >= 0.3 is 0 Å². The Labute approximate surface area is 761 Å². The number of hydrogen-bond donors (Lipinski definition) is 16. The molecule has 4 saturated heterocycles. The van der Waals surface area contributed by atoms with Crippen LogP contribution in [0.4, 0.5) is 26.3 Å². The van der Waals surface area contributed by atoms with Crippen molar-refractivity contribution >= 4 is 56.9 Å². The maximum Gasteiger partial charge on any atom is 0.160 e. The first kappa shape index (κ1) is 98.1. The number of halogens is 7. The van der Waals surface area contributed by atoms with Crippen LogP contribution in [0.1, 0.15) is 145 Å². The van der Waals surface area contributed by atoms with Gasteiger partial charge in [0, 0.05) is 61.3 Å². The molecule has 23 atom stereocenters. The molecule has 16 rings (SSSR count). The minimum absolute atomic E-state index is 0.0773. The number of hydrogen-bond acceptors (Lipinski definition) is 24. The molecule has 31 heteroatoms. The molecule has 0 bridgehead atoms. The predicted octanol–water partition coefficient (Wildman–Crippen LogP) is 14.4. The Morgan fingerprint density at radius 3 is 0.992 bits per heavy atom. The third-order valence-electron chi connectivity index (χ3n) is 24.1. The fourth-order valence-corrected chi connectivity index (χ4v) is 20.8. The van der Waals surface area contributed by atoms with Crippen LogP contribution >= 0.6 is 56.9 Å². The molecule has 0 spiro atoms. The summed E-state index contributed by atoms with van der Waals surface area (Å²) in [5.74, 6) is -2.03. The van der Waals surface area contributed by atoms with E-state index in [0.717, 1.165) is 73.1 Å². The summed E-state index contributed by atoms with van der Waals surface area (Å²) in [5.41, 5.74) is 9.64. The van der Waals surface area contributed by atoms with Crippen LogP contribution < -0.4 is 0 Å². The zero-order valence-corrected chi connectivity index (χ0v) is 74.5. The lowest BCUT2D eigenvalue weighted by Crippen LogP contribution is -2.55. The third kappa shape index (κ3) is 21.8. The second kappa shape index (κ2) is 42.7. The van der Waals surface area contributed by atoms with E-state index in [9.17, 15) is 104 Å². The number of benzene rings is 8. The van der Waals surface area contributed by atoms with Crippen molar-refractivity contribution in [3.63, 3.8) is 0 Å². The number of aliphatic hydroxyl groups excluding tert-OH is 16. The number of aryl methyl sites for hydroxylation is 2. The molecule has 0 radical (unpaired) electrons. The molecule has 16 N–H and O–H groups in total. The van der Waals surface area contributed by atoms with Gasteiger partial charge in [0.15, 0.2) is 6.17 Å². The van der Waals surface area contributed by atoms with E-state index < -0.39 is 160 Å². The van der Waals surface area contributed by atoms with Crippen LogP contribution in [0.5, 0.6) is 0 Å². The first-order valence-electron chi connectivity index (χ1n) is 41.6. The molecular weight excluding hydrogens is 1770 g/mol. The SMILES string of the molecule is CC(c1ccc(-c2ccc(F)cc2)s1)c1cc([C@@H]2O[C@H](CO)[C@@H](O)[C@H](O)[C@H]2O)ccc1Cl.CC(c1ccc(-c2ccc(F)cc2)s1)c1cc([C@@H]2O[C@H](CO)[C@@H](O)[C@H](O)[C@H]2O)ccc1F.Cc1ccc([C@@H]2O[C@H](CO)[C@@H](O)[C@H](O)[C@H]2O)cc1C(C)(C)c1ccc(-c2ccc(F)cc2)s1.Cc1ccc([C@@H]2O[C@H](CO)[C@@H](O)[C@H](O)[C@H]2O)cc1C(F)c1ccc(-c2ccc(F)cc2)s1. The Kier molecular flexibility index (Phi) is 32.5. The zero-order chi connectivity index (χ0) is 92.9. The minimum atomic E-state index is -1.51. The van der Waals surface area contributed by atoms with Gasteiger partial charge in [0.05, 0.1) is 26.4 Å². The smallest absolute Gasteiger partial charge is 0.160 e. The van der Waals surface area contributed by atoms with E-state index in [1.807, 2.05) is 75.4 Å². The Hall–Kier alpha value is -8.37. The number of ether oxygens (including phenoxy) is 4. The third-order valence-corrected chi connectivity index (χ3v) is 29.7. The van der Waals surface area contributed by atoms with Crippen molar-refractivity contribution < 1.29 is 127 Å². The fraction of sp³-hybridized carbons (Fsp3) is 0.347. The van der Waals surface area contributed by atoms with Crippen molar-refractivity contribution in [1.82, 2.24) is 0 Å². The predicted molar refractivity (Wildman–Crippen MR) is 480 cm³/mol. The second-order valence-electron chi connectivity index (χ2n) is 33.0. The van der Waals surface area contributed by atoms with Gasteiger partial charge in [-0.25, -0.2) is 26.3 Å². The average molecular weight is 1880 g/mol. The molecular formula is C98H101ClF6O20S4. The summed E-state index contributed by atoms with van der Waals surface area (Å²) in [6.45, 7) is 9.87. The van der Waals surface area contributed by atoms with Crippen molar-refractivity contribution in [3.05, 3.63) is 328 Å². The Morgan fingerprint density at radius 2 is 0.620 bits per heavy atom. The molecule has 686 valence electrons. The lowest BCUT2D eigenvalue weighted by Gasteiger charge is -2.40. The Bertz CT molecular complexity index is 5290. The molecule has 129 heavy (non-hydrogen) atoms. The van der Waals surface area contributed by atoms with Gasteiger partial charge < -0.3 is 101 Å². The summed E-state index contributed by atoms with van der Waals surface area (Å²) >= 11 is 12.5. The monoisotopic (exact) mass is 1870 g/mol. The van der Waals surface area contributed by atoms with E-state index in [1.165, 1.54) is 83.3 Å². The summed E-state index contributed by atoms with van der Waals surface area (Å²) in [5, 5.41) is 161. The van der Waals surface area contributed by atoms with Crippen molar-refractivity contribution in [2.75, 3.05) is 26.4 Å². The van der Waals surface area contributed by atoms with E-state index in [-0.39, 0.29) is 40.5 Å². The molecule has 3 unspecified atom stereocenters. The maximum absolute atomic E-state index is 15.6. The van der Waals surface area contributed by atoms with Crippen molar-refractivity contribution in [2.45, 2.75) is 187 Å². The minimum Gasteiger partial charge on any atom is -0.394 e. The standard InChI is InChI=1S/C26H29FO5S.C24H24ClFO5S.2C24H24F2O5S/c1-14-4-5-16(25-24(31)23(30)22(29)19(13-28)32-25)12-18(14)26(2,3)21-11-10-20(33-21)15-6-8-17(27)9-7-15;1-12(19-8-9-20(32-19)13-2-5-15(26)6-3-13)16-10-14(4-7-17(16)25)24-23(30)22(29)21(28)18(11-27)31-24;1-12(19-8-9-20(32-19)13-2-5-15(25)6-3-13)16-10-14(4-7-17(16)26)24-23(30)22(29)21(28)18(11-27)31-24;1-12-2-3-14(24-23(30)22(29)21(28)17(11-27)31-24)10-16(12)20(26)19-9-8-18(32-19)13-4-6-15(25)7-5-13/h4-12,19,22-25,28-31H,13H2,1-3H3;2*2-10,12,18,21-24,27-30H,11H2,1H3;2-10,17,20-24,27-30H,11H2,1H3/t19-,22-,23+,24-,25+;2*12?,18-,21-,22+,23-,24+;17-,20?,21-,22+,23-,24+/m1111/s1. The number of aliphatic hydroxyl groups is 16. The molecule has 4 aliphatic rings. The van der Waals surface area contributed by atoms with Crippen LogP contribution in [0.15, 0.2) is 218 Å². The molecule has 4 fully saturated rings. The average Bonchev–Trinajstić information content (AvgIpc) is 1.74. The highest BCUT2D eigenvalue weighted by Crippen LogP contribution is 2.47. The van der Waals surface area contributed by atoms with Gasteiger partial charge in [0.2, 0.25) is 0 Å². The molecule has 4 aliphatic heterocycles. The van der Waals surface area contributed by atoms with Gasteiger partial charge in [-0.3, -0.25) is 0 Å². The Morgan fingerprint density at radius 1 is 0.326 bits per heavy atom. The molecule has 4 aromatic heterocycles. The van der Waals surface area contributed by atoms with E-state index in [2.05, 4.69) is 19.9 Å². The van der Waals surface area contributed by atoms with E-state index >= 15 is 4.39 Å². The summed E-state index contributed by atoms with van der Waals surface area (Å²) < 4.78 is 106. The van der Waals surface area contributed by atoms with E-state index in [0.29, 0.717) is 48.8 Å². The summed E-state index contributed by atoms with van der Waals surface area (Å²) in [7, 11) is 0.